The standard InChI is InChI=1S/C21H24FN5O3S/c22-16-3-1-2-4-18(16)29-9-7-14-11-17(26-25-14)19-12-27(8-10-30-19)20(28)6-5-15-13-31-21(23)24-15/h1-4,11,13,19H,5-10,12H2,(H2,23,24)(H,25,26). The van der Waals surface area contributed by atoms with Crippen molar-refractivity contribution in [1.82, 2.24) is 20.1 Å². The number of carbonyl (C=O) groups is 1. The number of carbonyl (C=O) groups excluding carboxylic acids is 1. The zero-order valence-corrected chi connectivity index (χ0v) is 17.7. The Bertz CT molecular complexity index is 1020. The van der Waals surface area contributed by atoms with E-state index in [-0.39, 0.29) is 23.6 Å². The number of morpholine rings is 1. The van der Waals surface area contributed by atoms with Gasteiger partial charge in [0.1, 0.15) is 6.10 Å². The highest BCUT2D eigenvalue weighted by Crippen LogP contribution is 2.23. The monoisotopic (exact) mass is 445 g/mol. The molecule has 1 saturated heterocycles. The van der Waals surface area contributed by atoms with E-state index in [1.807, 2.05) is 11.4 Å². The van der Waals surface area contributed by atoms with Gasteiger partial charge >= 0.3 is 0 Å². The van der Waals surface area contributed by atoms with Gasteiger partial charge in [-0.1, -0.05) is 12.1 Å². The molecular formula is C21H24FN5O3S. The Morgan fingerprint density at radius 2 is 2.26 bits per heavy atom. The number of aryl methyl sites for hydroxylation is 1. The zero-order chi connectivity index (χ0) is 21.6. The maximum atomic E-state index is 13.6. The number of H-pyrrole nitrogens is 1. The van der Waals surface area contributed by atoms with Gasteiger partial charge in [0.05, 0.1) is 31.1 Å². The van der Waals surface area contributed by atoms with Crippen molar-refractivity contribution < 1.29 is 18.7 Å². The van der Waals surface area contributed by atoms with Crippen LogP contribution in [0.1, 0.15) is 29.6 Å². The van der Waals surface area contributed by atoms with E-state index in [4.69, 9.17) is 15.2 Å². The average molecular weight is 446 g/mol. The van der Waals surface area contributed by atoms with Crippen molar-refractivity contribution in [3.05, 3.63) is 58.6 Å². The van der Waals surface area contributed by atoms with Crippen molar-refractivity contribution in [3.63, 3.8) is 0 Å². The number of para-hydroxylation sites is 1. The average Bonchev–Trinajstić information content (AvgIpc) is 3.42. The first-order chi connectivity index (χ1) is 15.1. The molecule has 1 aliphatic rings. The lowest BCUT2D eigenvalue weighted by atomic mass is 10.1. The topological polar surface area (TPSA) is 106 Å². The highest BCUT2D eigenvalue weighted by Gasteiger charge is 2.27. The van der Waals surface area contributed by atoms with Crippen LogP contribution >= 0.6 is 11.3 Å². The summed E-state index contributed by atoms with van der Waals surface area (Å²) in [5.74, 6) is -0.0901. The van der Waals surface area contributed by atoms with Crippen LogP contribution in [0.25, 0.3) is 0 Å². The number of ether oxygens (including phenoxy) is 2. The van der Waals surface area contributed by atoms with Crippen molar-refractivity contribution in [2.24, 2.45) is 0 Å². The van der Waals surface area contributed by atoms with Gasteiger partial charge in [0.15, 0.2) is 16.7 Å². The number of nitrogens with two attached hydrogens (primary N) is 1. The molecule has 3 aromatic rings. The first-order valence-electron chi connectivity index (χ1n) is 10.1. The number of nitrogens with one attached hydrogen (secondary N) is 1. The summed E-state index contributed by atoms with van der Waals surface area (Å²) < 4.78 is 24.9. The Morgan fingerprint density at radius 3 is 3.06 bits per heavy atom. The molecule has 3 heterocycles. The third kappa shape index (κ3) is 5.59. The summed E-state index contributed by atoms with van der Waals surface area (Å²) in [5, 5.41) is 9.70. The van der Waals surface area contributed by atoms with E-state index in [0.717, 1.165) is 17.1 Å². The smallest absolute Gasteiger partial charge is 0.223 e. The number of benzene rings is 1. The first kappa shape index (κ1) is 21.3. The van der Waals surface area contributed by atoms with Crippen LogP contribution < -0.4 is 10.5 Å². The summed E-state index contributed by atoms with van der Waals surface area (Å²) in [6, 6.07) is 8.21. The van der Waals surface area contributed by atoms with E-state index < -0.39 is 0 Å². The van der Waals surface area contributed by atoms with Crippen LogP contribution in [0.3, 0.4) is 0 Å². The summed E-state index contributed by atoms with van der Waals surface area (Å²) in [7, 11) is 0. The Morgan fingerprint density at radius 1 is 1.39 bits per heavy atom. The maximum absolute atomic E-state index is 13.6. The number of nitrogens with zero attached hydrogens (tertiary/aromatic N) is 3. The second-order valence-electron chi connectivity index (χ2n) is 7.22. The molecule has 164 valence electrons. The highest BCUT2D eigenvalue weighted by molar-refractivity contribution is 7.13. The Hall–Kier alpha value is -2.98. The maximum Gasteiger partial charge on any atom is 0.223 e. The largest absolute Gasteiger partial charge is 0.490 e. The van der Waals surface area contributed by atoms with Gasteiger partial charge in [0.25, 0.3) is 0 Å². The Labute approximate surface area is 183 Å². The molecule has 1 unspecified atom stereocenters. The predicted molar refractivity (Wildman–Crippen MR) is 114 cm³/mol. The SMILES string of the molecule is Nc1nc(CCC(=O)N2CCOC(c3cc(CCOc4ccccc4F)[nH]n3)C2)cs1. The van der Waals surface area contributed by atoms with Gasteiger partial charge in [0, 0.05) is 30.5 Å². The summed E-state index contributed by atoms with van der Waals surface area (Å²) >= 11 is 1.38. The molecule has 0 spiro atoms. The van der Waals surface area contributed by atoms with E-state index in [1.54, 1.807) is 23.1 Å². The van der Waals surface area contributed by atoms with Crippen LogP contribution in [0, 0.1) is 5.82 Å². The second kappa shape index (κ2) is 9.88. The second-order valence-corrected chi connectivity index (χ2v) is 8.11. The van der Waals surface area contributed by atoms with E-state index in [0.29, 0.717) is 50.7 Å². The minimum atomic E-state index is -0.383. The van der Waals surface area contributed by atoms with Crippen LogP contribution in [-0.4, -0.2) is 52.3 Å². The minimum absolute atomic E-state index is 0.0638. The summed E-state index contributed by atoms with van der Waals surface area (Å²) in [4.78, 5) is 18.6. The van der Waals surface area contributed by atoms with Crippen LogP contribution in [0.15, 0.2) is 35.7 Å². The van der Waals surface area contributed by atoms with Crippen molar-refractivity contribution in [3.8, 4) is 5.75 Å². The number of nitrogen functional groups attached to an aromatic ring is 1. The van der Waals surface area contributed by atoms with Gasteiger partial charge in [-0.05, 0) is 24.6 Å². The molecule has 2 aromatic heterocycles. The first-order valence-corrected chi connectivity index (χ1v) is 11.0. The van der Waals surface area contributed by atoms with Crippen molar-refractivity contribution in [2.75, 3.05) is 32.0 Å². The Balaban J connectivity index is 1.27. The van der Waals surface area contributed by atoms with Gasteiger partial charge in [-0.3, -0.25) is 9.89 Å². The third-order valence-electron chi connectivity index (χ3n) is 5.03. The molecule has 10 heteroatoms. The summed E-state index contributed by atoms with van der Waals surface area (Å²) in [5.41, 5.74) is 8.08. The van der Waals surface area contributed by atoms with Crippen molar-refractivity contribution in [2.45, 2.75) is 25.4 Å². The van der Waals surface area contributed by atoms with Gasteiger partial charge < -0.3 is 20.1 Å². The fourth-order valence-corrected chi connectivity index (χ4v) is 3.99. The molecule has 8 nitrogen and oxygen atoms in total. The number of thiazole rings is 1. The van der Waals surface area contributed by atoms with Crippen LogP contribution in [0.2, 0.25) is 0 Å². The molecule has 0 aliphatic carbocycles. The third-order valence-corrected chi connectivity index (χ3v) is 5.75. The lowest BCUT2D eigenvalue weighted by Gasteiger charge is -2.32. The van der Waals surface area contributed by atoms with Gasteiger partial charge in [-0.25, -0.2) is 9.37 Å². The van der Waals surface area contributed by atoms with E-state index in [1.165, 1.54) is 17.4 Å². The normalized spacial score (nSPS) is 16.4. The van der Waals surface area contributed by atoms with E-state index >= 15 is 0 Å². The molecule has 1 fully saturated rings. The van der Waals surface area contributed by atoms with Gasteiger partial charge in [-0.15, -0.1) is 11.3 Å². The molecule has 1 aromatic carbocycles. The molecule has 1 aliphatic heterocycles. The van der Waals surface area contributed by atoms with Gasteiger partial charge in [0.2, 0.25) is 5.91 Å². The quantitative estimate of drug-likeness (QED) is 0.552. The van der Waals surface area contributed by atoms with Crippen LogP contribution in [0.5, 0.6) is 5.75 Å². The van der Waals surface area contributed by atoms with Gasteiger partial charge in [-0.2, -0.15) is 5.10 Å². The lowest BCUT2D eigenvalue weighted by Crippen LogP contribution is -2.42. The van der Waals surface area contributed by atoms with E-state index in [9.17, 15) is 9.18 Å². The fraction of sp³-hybridized carbons (Fsp3) is 0.381. The number of hydrogen-bond acceptors (Lipinski definition) is 7. The molecule has 1 atom stereocenters. The molecule has 0 bridgehead atoms. The van der Waals surface area contributed by atoms with Crippen molar-refractivity contribution in [1.29, 1.82) is 0 Å². The predicted octanol–water partition coefficient (Wildman–Crippen LogP) is 2.74. The van der Waals surface area contributed by atoms with E-state index in [2.05, 4.69) is 15.2 Å². The zero-order valence-electron chi connectivity index (χ0n) is 16.9. The van der Waals surface area contributed by atoms with Crippen molar-refractivity contribution >= 4 is 22.4 Å². The molecule has 1 amide bonds. The Kier molecular flexibility index (Phi) is 6.78. The number of rotatable bonds is 8. The molecule has 0 radical (unpaired) electrons. The summed E-state index contributed by atoms with van der Waals surface area (Å²) in [6.07, 6.45) is 1.22. The number of anilines is 1. The molecule has 31 heavy (non-hydrogen) atoms. The lowest BCUT2D eigenvalue weighted by molar-refractivity contribution is -0.139. The molecule has 0 saturated carbocycles. The molecule has 4 rings (SSSR count). The van der Waals surface area contributed by atoms with Crippen LogP contribution in [0.4, 0.5) is 9.52 Å². The summed E-state index contributed by atoms with van der Waals surface area (Å²) in [6.45, 7) is 1.79. The number of amides is 1. The fourth-order valence-electron chi connectivity index (χ4n) is 3.39. The number of halogens is 1. The minimum Gasteiger partial charge on any atom is -0.490 e. The number of hydrogen-bond donors (Lipinski definition) is 2. The molecular weight excluding hydrogens is 421 g/mol. The number of aromatic amines is 1. The number of aromatic nitrogens is 3. The molecule has 3 N–H and O–H groups in total. The van der Waals surface area contributed by atoms with Crippen LogP contribution in [-0.2, 0) is 22.4 Å². The highest BCUT2D eigenvalue weighted by atomic mass is 32.1.